The minimum atomic E-state index is -0.174. The molecule has 1 heterocycles. The Labute approximate surface area is 124 Å². The van der Waals surface area contributed by atoms with Gasteiger partial charge in [-0.2, -0.15) is 4.98 Å². The van der Waals surface area contributed by atoms with Crippen LogP contribution in [0.4, 0.5) is 0 Å². The molecule has 2 aromatic carbocycles. The van der Waals surface area contributed by atoms with Crippen molar-refractivity contribution in [2.75, 3.05) is 0 Å². The summed E-state index contributed by atoms with van der Waals surface area (Å²) in [6.45, 7) is 2.14. The van der Waals surface area contributed by atoms with Crippen molar-refractivity contribution >= 4 is 10.8 Å². The van der Waals surface area contributed by atoms with E-state index in [1.807, 2.05) is 18.2 Å². The van der Waals surface area contributed by atoms with Gasteiger partial charge in [0.1, 0.15) is 0 Å². The molecule has 0 fully saturated rings. The van der Waals surface area contributed by atoms with Crippen LogP contribution in [-0.2, 0) is 0 Å². The van der Waals surface area contributed by atoms with Crippen LogP contribution in [-0.4, -0.2) is 10.1 Å². The third-order valence-electron chi connectivity index (χ3n) is 3.64. The Kier molecular flexibility index (Phi) is 3.97. The molecule has 2 N–H and O–H groups in total. The van der Waals surface area contributed by atoms with Crippen LogP contribution in [0.15, 0.2) is 47.0 Å². The third kappa shape index (κ3) is 2.95. The van der Waals surface area contributed by atoms with Crippen molar-refractivity contribution in [3.63, 3.8) is 0 Å². The zero-order valence-electron chi connectivity index (χ0n) is 12.1. The van der Waals surface area contributed by atoms with Crippen LogP contribution in [0.3, 0.4) is 0 Å². The maximum absolute atomic E-state index is 6.07. The van der Waals surface area contributed by atoms with Gasteiger partial charge in [-0.3, -0.25) is 0 Å². The minimum Gasteiger partial charge on any atom is -0.337 e. The van der Waals surface area contributed by atoms with Gasteiger partial charge in [0, 0.05) is 5.56 Å². The smallest absolute Gasteiger partial charge is 0.243 e. The summed E-state index contributed by atoms with van der Waals surface area (Å²) in [6, 6.07) is 14.2. The Bertz CT molecular complexity index is 735. The highest BCUT2D eigenvalue weighted by Gasteiger charge is 2.15. The maximum Gasteiger partial charge on any atom is 0.243 e. The van der Waals surface area contributed by atoms with E-state index in [-0.39, 0.29) is 6.04 Å². The van der Waals surface area contributed by atoms with Crippen molar-refractivity contribution in [3.05, 3.63) is 48.4 Å². The molecule has 0 radical (unpaired) electrons. The average Bonchev–Trinajstić information content (AvgIpc) is 3.02. The maximum atomic E-state index is 6.07. The van der Waals surface area contributed by atoms with Crippen molar-refractivity contribution in [1.82, 2.24) is 10.1 Å². The van der Waals surface area contributed by atoms with Crippen molar-refractivity contribution < 1.29 is 4.52 Å². The number of fused-ring (bicyclic) bond motifs is 1. The Hall–Kier alpha value is -2.20. The molecule has 0 bridgehead atoms. The third-order valence-corrected chi connectivity index (χ3v) is 3.64. The van der Waals surface area contributed by atoms with Gasteiger partial charge in [0.15, 0.2) is 0 Å². The highest BCUT2D eigenvalue weighted by Crippen LogP contribution is 2.24. The summed E-state index contributed by atoms with van der Waals surface area (Å²) in [5.41, 5.74) is 7.02. The first-order valence-corrected chi connectivity index (χ1v) is 7.36. The predicted octanol–water partition coefficient (Wildman–Crippen LogP) is 4.08. The van der Waals surface area contributed by atoms with Crippen LogP contribution in [0.5, 0.6) is 0 Å². The van der Waals surface area contributed by atoms with Gasteiger partial charge in [0.2, 0.25) is 11.7 Å². The highest BCUT2D eigenvalue weighted by atomic mass is 16.5. The first-order valence-electron chi connectivity index (χ1n) is 7.36. The minimum absolute atomic E-state index is 0.174. The molecule has 0 aliphatic rings. The van der Waals surface area contributed by atoms with E-state index < -0.39 is 0 Å². The molecule has 4 nitrogen and oxygen atoms in total. The van der Waals surface area contributed by atoms with E-state index in [2.05, 4.69) is 41.3 Å². The number of nitrogens with two attached hydrogens (primary N) is 1. The molecular formula is C17H19N3O. The second-order valence-corrected chi connectivity index (χ2v) is 5.27. The van der Waals surface area contributed by atoms with Crippen LogP contribution < -0.4 is 5.73 Å². The van der Waals surface area contributed by atoms with Gasteiger partial charge in [-0.05, 0) is 23.3 Å². The van der Waals surface area contributed by atoms with Gasteiger partial charge in [0.25, 0.3) is 0 Å². The second kappa shape index (κ2) is 6.06. The molecular weight excluding hydrogens is 262 g/mol. The average molecular weight is 281 g/mol. The zero-order valence-corrected chi connectivity index (χ0v) is 12.1. The summed E-state index contributed by atoms with van der Waals surface area (Å²) >= 11 is 0. The second-order valence-electron chi connectivity index (χ2n) is 5.27. The van der Waals surface area contributed by atoms with Crippen LogP contribution in [0, 0.1) is 0 Å². The molecule has 1 atom stereocenters. The molecule has 1 unspecified atom stereocenters. The van der Waals surface area contributed by atoms with Crippen LogP contribution >= 0.6 is 0 Å². The Morgan fingerprint density at radius 3 is 2.76 bits per heavy atom. The van der Waals surface area contributed by atoms with Crippen LogP contribution in [0.2, 0.25) is 0 Å². The molecule has 0 saturated heterocycles. The fraction of sp³-hybridized carbons (Fsp3) is 0.294. The molecule has 21 heavy (non-hydrogen) atoms. The number of unbranched alkanes of at least 4 members (excludes halogenated alkanes) is 1. The lowest BCUT2D eigenvalue weighted by Gasteiger charge is -2.03. The summed E-state index contributed by atoms with van der Waals surface area (Å²) in [5, 5.41) is 6.42. The molecule has 0 aliphatic heterocycles. The number of hydrogen-bond acceptors (Lipinski definition) is 4. The van der Waals surface area contributed by atoms with E-state index in [0.717, 1.165) is 30.2 Å². The molecule has 3 aromatic rings. The van der Waals surface area contributed by atoms with Crippen molar-refractivity contribution in [1.29, 1.82) is 0 Å². The molecule has 4 heteroatoms. The van der Waals surface area contributed by atoms with E-state index in [9.17, 15) is 0 Å². The molecule has 3 rings (SSSR count). The summed E-state index contributed by atoms with van der Waals surface area (Å²) in [5.74, 6) is 1.12. The Morgan fingerprint density at radius 2 is 1.95 bits per heavy atom. The SMILES string of the molecule is CCCCC(N)c1nc(-c2ccc3ccccc3c2)no1. The number of benzene rings is 2. The molecule has 0 aliphatic carbocycles. The number of nitrogens with zero attached hydrogens (tertiary/aromatic N) is 2. The topological polar surface area (TPSA) is 64.9 Å². The van der Waals surface area contributed by atoms with E-state index in [1.165, 1.54) is 5.39 Å². The van der Waals surface area contributed by atoms with Gasteiger partial charge in [-0.25, -0.2) is 0 Å². The summed E-state index contributed by atoms with van der Waals surface area (Å²) in [6.07, 6.45) is 3.05. The van der Waals surface area contributed by atoms with Gasteiger partial charge in [-0.1, -0.05) is 61.3 Å². The number of hydrogen-bond donors (Lipinski definition) is 1. The number of aromatic nitrogens is 2. The van der Waals surface area contributed by atoms with Crippen molar-refractivity contribution in [2.24, 2.45) is 5.73 Å². The van der Waals surface area contributed by atoms with Crippen LogP contribution in [0.25, 0.3) is 22.2 Å². The van der Waals surface area contributed by atoms with Crippen molar-refractivity contribution in [3.8, 4) is 11.4 Å². The van der Waals surface area contributed by atoms with E-state index in [0.29, 0.717) is 11.7 Å². The van der Waals surface area contributed by atoms with E-state index in [1.54, 1.807) is 0 Å². The summed E-state index contributed by atoms with van der Waals surface area (Å²) in [7, 11) is 0. The molecule has 108 valence electrons. The fourth-order valence-electron chi connectivity index (χ4n) is 2.38. The molecule has 0 amide bonds. The zero-order chi connectivity index (χ0) is 14.7. The Balaban J connectivity index is 1.87. The first kappa shape index (κ1) is 13.8. The predicted molar refractivity (Wildman–Crippen MR) is 83.7 cm³/mol. The van der Waals surface area contributed by atoms with Gasteiger partial charge >= 0.3 is 0 Å². The number of rotatable bonds is 5. The fourth-order valence-corrected chi connectivity index (χ4v) is 2.38. The molecule has 0 spiro atoms. The van der Waals surface area contributed by atoms with E-state index >= 15 is 0 Å². The Morgan fingerprint density at radius 1 is 1.14 bits per heavy atom. The lowest BCUT2D eigenvalue weighted by Crippen LogP contribution is -2.10. The first-order chi connectivity index (χ1) is 10.3. The molecule has 0 saturated carbocycles. The monoisotopic (exact) mass is 281 g/mol. The van der Waals surface area contributed by atoms with E-state index in [4.69, 9.17) is 10.3 Å². The molecule has 1 aromatic heterocycles. The standard InChI is InChI=1S/C17H19N3O/c1-2-3-8-15(18)17-19-16(20-21-17)14-10-9-12-6-4-5-7-13(12)11-14/h4-7,9-11,15H,2-3,8,18H2,1H3. The van der Waals surface area contributed by atoms with Crippen molar-refractivity contribution in [2.45, 2.75) is 32.2 Å². The lowest BCUT2D eigenvalue weighted by atomic mass is 10.1. The quantitative estimate of drug-likeness (QED) is 0.765. The summed E-state index contributed by atoms with van der Waals surface area (Å²) in [4.78, 5) is 4.44. The highest BCUT2D eigenvalue weighted by molar-refractivity contribution is 5.86. The summed E-state index contributed by atoms with van der Waals surface area (Å²) < 4.78 is 5.30. The van der Waals surface area contributed by atoms with Crippen LogP contribution in [0.1, 0.15) is 38.1 Å². The normalized spacial score (nSPS) is 12.7. The van der Waals surface area contributed by atoms with Gasteiger partial charge < -0.3 is 10.3 Å². The van der Waals surface area contributed by atoms with Gasteiger partial charge in [-0.15, -0.1) is 0 Å². The largest absolute Gasteiger partial charge is 0.337 e. The lowest BCUT2D eigenvalue weighted by molar-refractivity contribution is 0.346. The van der Waals surface area contributed by atoms with Gasteiger partial charge in [0.05, 0.1) is 6.04 Å².